The molecular weight excluding hydrogens is 1030 g/mol. The van der Waals surface area contributed by atoms with Crippen LogP contribution in [0.4, 0.5) is 38.0 Å². The molecule has 20 heteroatoms. The fourth-order valence-corrected chi connectivity index (χ4v) is 10.2. The zero-order valence-corrected chi connectivity index (χ0v) is 45.9. The van der Waals surface area contributed by atoms with Crippen molar-refractivity contribution in [1.29, 1.82) is 0 Å². The van der Waals surface area contributed by atoms with Gasteiger partial charge >= 0.3 is 12.2 Å². The third-order valence-corrected chi connectivity index (χ3v) is 14.2. The van der Waals surface area contributed by atoms with Crippen molar-refractivity contribution < 1.29 is 62.3 Å². The molecule has 4 aliphatic heterocycles. The first-order chi connectivity index (χ1) is 38.4. The number of methoxy groups -OCH3 is 2. The Morgan fingerprint density at radius 1 is 0.713 bits per heavy atom. The molecule has 0 saturated heterocycles. The van der Waals surface area contributed by atoms with Gasteiger partial charge in [0.15, 0.2) is 23.0 Å². The van der Waals surface area contributed by atoms with E-state index in [4.69, 9.17) is 33.4 Å². The van der Waals surface area contributed by atoms with Crippen molar-refractivity contribution in [1.82, 2.24) is 10.6 Å². The number of rotatable bonds is 19. The van der Waals surface area contributed by atoms with Gasteiger partial charge in [-0.05, 0) is 105 Å². The highest BCUT2D eigenvalue weighted by Crippen LogP contribution is 2.44. The highest BCUT2D eigenvalue weighted by atomic mass is 16.6. The number of anilines is 4. The maximum absolute atomic E-state index is 14.6. The van der Waals surface area contributed by atoms with Crippen LogP contribution in [0.1, 0.15) is 91.3 Å². The van der Waals surface area contributed by atoms with Crippen LogP contribution < -0.4 is 49.6 Å². The van der Waals surface area contributed by atoms with Gasteiger partial charge in [-0.1, -0.05) is 62.4 Å². The molecule has 9 rings (SSSR count). The molecule has 4 aliphatic rings. The van der Waals surface area contributed by atoms with E-state index in [1.54, 1.807) is 92.9 Å². The molecule has 5 aromatic carbocycles. The Morgan fingerprint density at radius 3 is 1.96 bits per heavy atom. The number of amides is 6. The molecule has 0 saturated carbocycles. The minimum Gasteiger partial charge on any atom is -0.493 e. The van der Waals surface area contributed by atoms with Crippen LogP contribution >= 0.6 is 0 Å². The number of benzene rings is 5. The topological polar surface area (TPSA) is 236 Å². The fraction of sp³-hybridized carbons (Fsp3) is 0.383. The van der Waals surface area contributed by atoms with E-state index in [0.717, 1.165) is 28.9 Å². The third kappa shape index (κ3) is 12.3. The standard InChI is InChI=1S/C60H67N7O13/c1-35(2)53(64-58(73)80-60(3,4)5)55(70)63-45(33-68)54(69)62-39-21-19-36(20-22-39)34-79-59(74)65-32-41-26-38-16-10-12-18-47(38)67(41)57(72)43-28-50(76-7)52(30-48(43)65)78-24-14-8-13-23-77-51-29-44-42(27-49(51)75-6)56(71)66-40(31-61-44)25-37-15-9-11-17-46(37)66/h9-12,15-22,27-31,35,40-41,45,53,68H,8,13-14,23-26,32-34H2,1-7H3,(H,62,69)(H,63,70)(H,64,73)/t40-,41-,45-,53-/m0/s1. The van der Waals surface area contributed by atoms with Gasteiger partial charge in [-0.15, -0.1) is 0 Å². The Kier molecular flexibility index (Phi) is 16.9. The van der Waals surface area contributed by atoms with Crippen LogP contribution in [0, 0.1) is 5.92 Å². The molecule has 420 valence electrons. The van der Waals surface area contributed by atoms with Crippen LogP contribution in [0.25, 0.3) is 0 Å². The Hall–Kier alpha value is -8.65. The molecule has 0 spiro atoms. The zero-order chi connectivity index (χ0) is 56.8. The predicted octanol–water partition coefficient (Wildman–Crippen LogP) is 8.31. The lowest BCUT2D eigenvalue weighted by Gasteiger charge is -2.26. The molecule has 0 aliphatic carbocycles. The number of para-hydroxylation sites is 2. The van der Waals surface area contributed by atoms with E-state index in [2.05, 4.69) is 16.0 Å². The van der Waals surface area contributed by atoms with Gasteiger partial charge < -0.3 is 54.4 Å². The zero-order valence-electron chi connectivity index (χ0n) is 45.9. The van der Waals surface area contributed by atoms with Gasteiger partial charge in [-0.25, -0.2) is 9.59 Å². The normalized spacial score (nSPS) is 16.6. The monoisotopic (exact) mass is 1090 g/mol. The Labute approximate surface area is 464 Å². The van der Waals surface area contributed by atoms with Crippen molar-refractivity contribution in [3.05, 3.63) is 125 Å². The number of carbonyl (C=O) groups excluding carboxylic acids is 6. The van der Waals surface area contributed by atoms with Crippen molar-refractivity contribution in [3.63, 3.8) is 0 Å². The van der Waals surface area contributed by atoms with Gasteiger partial charge in [-0.2, -0.15) is 0 Å². The van der Waals surface area contributed by atoms with Gasteiger partial charge in [0.2, 0.25) is 11.8 Å². The maximum atomic E-state index is 14.6. The summed E-state index contributed by atoms with van der Waals surface area (Å²) in [6.45, 7) is 8.40. The summed E-state index contributed by atoms with van der Waals surface area (Å²) >= 11 is 0. The lowest BCUT2D eigenvalue weighted by atomic mass is 10.0. The van der Waals surface area contributed by atoms with Crippen LogP contribution in [0.3, 0.4) is 0 Å². The number of aliphatic hydroxyl groups excluding tert-OH is 1. The number of alkyl carbamates (subject to hydrolysis) is 1. The van der Waals surface area contributed by atoms with Crippen molar-refractivity contribution in [3.8, 4) is 23.0 Å². The highest BCUT2D eigenvalue weighted by Gasteiger charge is 2.43. The minimum absolute atomic E-state index is 0.117. The molecule has 0 fully saturated rings. The minimum atomic E-state index is -1.35. The van der Waals surface area contributed by atoms with Gasteiger partial charge in [0.1, 0.15) is 24.3 Å². The van der Waals surface area contributed by atoms with Gasteiger partial charge in [-0.3, -0.25) is 34.0 Å². The summed E-state index contributed by atoms with van der Waals surface area (Å²) in [5, 5.41) is 17.8. The quantitative estimate of drug-likeness (QED) is 0.0570. The maximum Gasteiger partial charge on any atom is 0.414 e. The van der Waals surface area contributed by atoms with Gasteiger partial charge in [0, 0.05) is 41.8 Å². The summed E-state index contributed by atoms with van der Waals surface area (Å²) in [6, 6.07) is 25.7. The molecule has 80 heavy (non-hydrogen) atoms. The first-order valence-electron chi connectivity index (χ1n) is 26.8. The number of hydrogen-bond donors (Lipinski definition) is 4. The summed E-state index contributed by atoms with van der Waals surface area (Å²) in [5.41, 5.74) is 5.33. The van der Waals surface area contributed by atoms with Crippen LogP contribution in [-0.2, 0) is 38.5 Å². The highest BCUT2D eigenvalue weighted by molar-refractivity contribution is 6.16. The first kappa shape index (κ1) is 56.1. The second kappa shape index (κ2) is 24.2. The summed E-state index contributed by atoms with van der Waals surface area (Å²) < 4.78 is 35.2. The van der Waals surface area contributed by atoms with Gasteiger partial charge in [0.05, 0.1) is 75.2 Å². The molecule has 20 nitrogen and oxygen atoms in total. The number of ether oxygens (including phenoxy) is 6. The molecule has 0 radical (unpaired) electrons. The number of aliphatic imine (C=N–C) groups is 1. The van der Waals surface area contributed by atoms with Crippen molar-refractivity contribution in [2.45, 2.75) is 103 Å². The second-order valence-corrected chi connectivity index (χ2v) is 21.3. The fourth-order valence-electron chi connectivity index (χ4n) is 10.2. The molecule has 6 amide bonds. The van der Waals surface area contributed by atoms with Crippen LogP contribution in [-0.4, -0.2) is 117 Å². The number of fused-ring (bicyclic) bond motifs is 8. The lowest BCUT2D eigenvalue weighted by molar-refractivity contribution is -0.129. The Balaban J connectivity index is 0.821. The largest absolute Gasteiger partial charge is 0.493 e. The summed E-state index contributed by atoms with van der Waals surface area (Å²) in [4.78, 5) is 91.3. The third-order valence-electron chi connectivity index (χ3n) is 14.2. The van der Waals surface area contributed by atoms with Crippen molar-refractivity contribution in [2.24, 2.45) is 10.9 Å². The number of carbonyl (C=O) groups is 6. The second-order valence-electron chi connectivity index (χ2n) is 21.3. The van der Waals surface area contributed by atoms with Crippen molar-refractivity contribution in [2.75, 3.05) is 60.6 Å². The number of aliphatic hydroxyl groups is 1. The molecule has 0 bridgehead atoms. The summed E-state index contributed by atoms with van der Waals surface area (Å²) in [6.07, 6.45) is 3.56. The first-order valence-corrected chi connectivity index (χ1v) is 26.8. The van der Waals surface area contributed by atoms with E-state index in [-0.39, 0.29) is 49.1 Å². The molecule has 4 atom stereocenters. The van der Waals surface area contributed by atoms with E-state index in [0.29, 0.717) is 83.5 Å². The average Bonchev–Trinajstić information content (AvgIpc) is 4.00. The van der Waals surface area contributed by atoms with Crippen LogP contribution in [0.15, 0.2) is 102 Å². The predicted molar refractivity (Wildman–Crippen MR) is 300 cm³/mol. The molecule has 4 N–H and O–H groups in total. The SMILES string of the molecule is COc1cc2c(cc1OCCCCCOc1cc3c(cc1OC)C(=O)N1c4ccccc4C[C@H]1CN3C(=O)OCc1ccc(NC(=O)[C@H](CO)NC(=O)[C@@H](NC(=O)OC(C)(C)C)C(C)C)cc1)N=C[C@@H]1Cc3ccccc3N1C2=O. The molecule has 4 heterocycles. The number of nitrogens with zero attached hydrogens (tertiary/aromatic N) is 4. The van der Waals surface area contributed by atoms with E-state index < -0.39 is 54.3 Å². The molecule has 0 unspecified atom stereocenters. The van der Waals surface area contributed by atoms with E-state index >= 15 is 0 Å². The number of nitrogens with one attached hydrogen (secondary N) is 3. The van der Waals surface area contributed by atoms with E-state index in [1.807, 2.05) is 54.7 Å². The smallest absolute Gasteiger partial charge is 0.414 e. The van der Waals surface area contributed by atoms with E-state index in [9.17, 15) is 33.9 Å². The lowest BCUT2D eigenvalue weighted by Crippen LogP contribution is -2.56. The van der Waals surface area contributed by atoms with Gasteiger partial charge in [0.25, 0.3) is 11.8 Å². The van der Waals surface area contributed by atoms with Crippen LogP contribution in [0.2, 0.25) is 0 Å². The number of hydrogen-bond acceptors (Lipinski definition) is 14. The number of unbranched alkanes of at least 4 members (excludes halogenated alkanes) is 2. The molecule has 0 aromatic heterocycles. The van der Waals surface area contributed by atoms with E-state index in [1.165, 1.54) is 19.1 Å². The molecular formula is C60H67N7O13. The summed E-state index contributed by atoms with van der Waals surface area (Å²) in [7, 11) is 3.03. The average molecular weight is 1090 g/mol. The van der Waals surface area contributed by atoms with Crippen LogP contribution in [0.5, 0.6) is 23.0 Å². The summed E-state index contributed by atoms with van der Waals surface area (Å²) in [5.74, 6) is -0.632. The molecule has 5 aromatic rings. The Morgan fingerprint density at radius 2 is 1.32 bits per heavy atom. The Bertz CT molecular complexity index is 3190. The van der Waals surface area contributed by atoms with Crippen molar-refractivity contribution >= 4 is 70.5 Å².